The van der Waals surface area contributed by atoms with E-state index in [9.17, 15) is 0 Å². The summed E-state index contributed by atoms with van der Waals surface area (Å²) in [5, 5.41) is 17.7. The Morgan fingerprint density at radius 1 is 1.10 bits per heavy atom. The Balaban J connectivity index is 1.46. The van der Waals surface area contributed by atoms with Crippen molar-refractivity contribution >= 4 is 17.3 Å². The standard InChI is InChI=1S/C24H32N6S/c1-19-28-29-22(30(19)2)17-26-23(25-15-12-21-11-8-16-31-21)27-18-24(13-6-7-14-24)20-9-4-3-5-10-20/h3-5,8-11,16H,6-7,12-15,17-18H2,1-2H3,(H2,25,26,27). The minimum atomic E-state index is 0.179. The van der Waals surface area contributed by atoms with Crippen LogP contribution in [0.25, 0.3) is 0 Å². The van der Waals surface area contributed by atoms with Crippen LogP contribution < -0.4 is 10.6 Å². The van der Waals surface area contributed by atoms with Gasteiger partial charge in [-0.3, -0.25) is 0 Å². The number of hydrogen-bond acceptors (Lipinski definition) is 4. The van der Waals surface area contributed by atoms with Crippen molar-refractivity contribution in [3.05, 3.63) is 69.9 Å². The van der Waals surface area contributed by atoms with Crippen molar-refractivity contribution in [1.29, 1.82) is 0 Å². The normalized spacial score (nSPS) is 15.9. The van der Waals surface area contributed by atoms with Crippen LogP contribution in [-0.2, 0) is 25.4 Å². The minimum absolute atomic E-state index is 0.179. The van der Waals surface area contributed by atoms with Crippen LogP contribution >= 0.6 is 11.3 Å². The molecule has 0 atom stereocenters. The van der Waals surface area contributed by atoms with Crippen LogP contribution in [0.15, 0.2) is 52.8 Å². The Kier molecular flexibility index (Phi) is 7.02. The molecule has 164 valence electrons. The van der Waals surface area contributed by atoms with Gasteiger partial charge in [-0.1, -0.05) is 49.2 Å². The summed E-state index contributed by atoms with van der Waals surface area (Å²) in [5.41, 5.74) is 1.61. The maximum absolute atomic E-state index is 4.85. The van der Waals surface area contributed by atoms with E-state index in [2.05, 4.69) is 68.7 Å². The van der Waals surface area contributed by atoms with Crippen molar-refractivity contribution in [3.8, 4) is 0 Å². The topological polar surface area (TPSA) is 67.1 Å². The molecule has 6 nitrogen and oxygen atoms in total. The summed E-state index contributed by atoms with van der Waals surface area (Å²) in [6.45, 7) is 4.20. The Morgan fingerprint density at radius 2 is 1.90 bits per heavy atom. The lowest BCUT2D eigenvalue weighted by atomic mass is 9.79. The minimum Gasteiger partial charge on any atom is -0.356 e. The van der Waals surface area contributed by atoms with Gasteiger partial charge in [-0.15, -0.1) is 21.5 Å². The molecule has 1 fully saturated rings. The van der Waals surface area contributed by atoms with E-state index in [1.807, 2.05) is 18.5 Å². The molecule has 2 heterocycles. The Labute approximate surface area is 188 Å². The molecular formula is C24H32N6S. The zero-order chi connectivity index (χ0) is 21.5. The molecular weight excluding hydrogens is 404 g/mol. The first-order valence-corrected chi connectivity index (χ1v) is 12.0. The fraction of sp³-hybridized carbons (Fsp3) is 0.458. The zero-order valence-corrected chi connectivity index (χ0v) is 19.3. The quantitative estimate of drug-likeness (QED) is 0.414. The van der Waals surface area contributed by atoms with E-state index < -0.39 is 0 Å². The number of nitrogens with zero attached hydrogens (tertiary/aromatic N) is 4. The summed E-state index contributed by atoms with van der Waals surface area (Å²) in [6.07, 6.45) is 6.00. The molecule has 2 N–H and O–H groups in total. The van der Waals surface area contributed by atoms with Gasteiger partial charge < -0.3 is 15.2 Å². The van der Waals surface area contributed by atoms with E-state index in [4.69, 9.17) is 4.99 Å². The van der Waals surface area contributed by atoms with Gasteiger partial charge in [0, 0.05) is 30.4 Å². The molecule has 7 heteroatoms. The lowest BCUT2D eigenvalue weighted by Gasteiger charge is -2.31. The first-order valence-electron chi connectivity index (χ1n) is 11.1. The van der Waals surface area contributed by atoms with Crippen LogP contribution in [0.3, 0.4) is 0 Å². The summed E-state index contributed by atoms with van der Waals surface area (Å²) in [4.78, 5) is 6.23. The fourth-order valence-corrected chi connectivity index (χ4v) is 5.04. The largest absolute Gasteiger partial charge is 0.356 e. The highest BCUT2D eigenvalue weighted by molar-refractivity contribution is 7.09. The number of aromatic nitrogens is 3. The van der Waals surface area contributed by atoms with Gasteiger partial charge in [-0.2, -0.15) is 0 Å². The van der Waals surface area contributed by atoms with Crippen LogP contribution in [0.2, 0.25) is 0 Å². The predicted octanol–water partition coefficient (Wildman–Crippen LogP) is 3.97. The first-order chi connectivity index (χ1) is 15.2. The van der Waals surface area contributed by atoms with Crippen LogP contribution in [0, 0.1) is 6.92 Å². The average Bonchev–Trinajstić information content (AvgIpc) is 3.55. The van der Waals surface area contributed by atoms with Gasteiger partial charge in [-0.25, -0.2) is 4.99 Å². The third-order valence-corrected chi connectivity index (χ3v) is 7.28. The summed E-state index contributed by atoms with van der Waals surface area (Å²) < 4.78 is 2.00. The lowest BCUT2D eigenvalue weighted by molar-refractivity contribution is 0.431. The Bertz CT molecular complexity index is 971. The van der Waals surface area contributed by atoms with Crippen LogP contribution in [0.1, 0.15) is 47.8 Å². The smallest absolute Gasteiger partial charge is 0.191 e. The summed E-state index contributed by atoms with van der Waals surface area (Å²) in [5.74, 6) is 2.62. The highest BCUT2D eigenvalue weighted by Crippen LogP contribution is 2.40. The van der Waals surface area contributed by atoms with E-state index in [0.29, 0.717) is 6.54 Å². The Hall–Kier alpha value is -2.67. The SMILES string of the molecule is Cc1nnc(CN=C(NCCc2cccs2)NCC2(c3ccccc3)CCCC2)n1C. The molecule has 4 rings (SSSR count). The molecule has 1 saturated carbocycles. The second-order valence-corrected chi connectivity index (χ2v) is 9.38. The molecule has 2 aromatic heterocycles. The number of guanidine groups is 1. The number of thiophene rings is 1. The van der Waals surface area contributed by atoms with Crippen molar-refractivity contribution in [3.63, 3.8) is 0 Å². The van der Waals surface area contributed by atoms with Crippen molar-refractivity contribution in [2.45, 2.75) is 51.0 Å². The molecule has 0 aliphatic heterocycles. The van der Waals surface area contributed by atoms with Crippen molar-refractivity contribution in [1.82, 2.24) is 25.4 Å². The number of rotatable bonds is 8. The number of hydrogen-bond donors (Lipinski definition) is 2. The molecule has 0 radical (unpaired) electrons. The Morgan fingerprint density at radius 3 is 2.58 bits per heavy atom. The van der Waals surface area contributed by atoms with Gasteiger partial charge in [0.25, 0.3) is 0 Å². The average molecular weight is 437 g/mol. The van der Waals surface area contributed by atoms with Gasteiger partial charge >= 0.3 is 0 Å². The van der Waals surface area contributed by atoms with Gasteiger partial charge in [-0.05, 0) is 43.2 Å². The van der Waals surface area contributed by atoms with E-state index >= 15 is 0 Å². The molecule has 1 aliphatic carbocycles. The second-order valence-electron chi connectivity index (χ2n) is 8.35. The lowest BCUT2D eigenvalue weighted by Crippen LogP contribution is -2.45. The molecule has 1 aromatic carbocycles. The predicted molar refractivity (Wildman–Crippen MR) is 127 cm³/mol. The maximum Gasteiger partial charge on any atom is 0.191 e. The second kappa shape index (κ2) is 10.1. The zero-order valence-electron chi connectivity index (χ0n) is 18.5. The first kappa shape index (κ1) is 21.6. The number of aryl methyl sites for hydroxylation is 1. The summed E-state index contributed by atoms with van der Waals surface area (Å²) in [6, 6.07) is 15.2. The monoisotopic (exact) mass is 436 g/mol. The molecule has 0 amide bonds. The summed E-state index contributed by atoms with van der Waals surface area (Å²) >= 11 is 1.80. The van der Waals surface area contributed by atoms with Gasteiger partial charge in [0.05, 0.1) is 0 Å². The van der Waals surface area contributed by atoms with Crippen LogP contribution in [-0.4, -0.2) is 33.8 Å². The number of nitrogens with one attached hydrogen (secondary N) is 2. The maximum atomic E-state index is 4.85. The van der Waals surface area contributed by atoms with Gasteiger partial charge in [0.1, 0.15) is 12.4 Å². The molecule has 0 bridgehead atoms. The van der Waals surface area contributed by atoms with E-state index in [1.165, 1.54) is 36.1 Å². The van der Waals surface area contributed by atoms with Gasteiger partial charge in [0.15, 0.2) is 11.8 Å². The van der Waals surface area contributed by atoms with Crippen LogP contribution in [0.4, 0.5) is 0 Å². The van der Waals surface area contributed by atoms with Crippen molar-refractivity contribution < 1.29 is 0 Å². The third-order valence-electron chi connectivity index (χ3n) is 6.35. The highest BCUT2D eigenvalue weighted by Gasteiger charge is 2.35. The molecule has 31 heavy (non-hydrogen) atoms. The molecule has 0 unspecified atom stereocenters. The number of benzene rings is 1. The summed E-state index contributed by atoms with van der Waals surface area (Å²) in [7, 11) is 1.99. The van der Waals surface area contributed by atoms with Crippen molar-refractivity contribution in [2.24, 2.45) is 12.0 Å². The molecule has 0 saturated heterocycles. The third kappa shape index (κ3) is 5.34. The highest BCUT2D eigenvalue weighted by atomic mass is 32.1. The van der Waals surface area contributed by atoms with Crippen LogP contribution in [0.5, 0.6) is 0 Å². The molecule has 0 spiro atoms. The van der Waals surface area contributed by atoms with Crippen molar-refractivity contribution in [2.75, 3.05) is 13.1 Å². The van der Waals surface area contributed by atoms with E-state index in [-0.39, 0.29) is 5.41 Å². The number of aliphatic imine (C=N–C) groups is 1. The molecule has 1 aliphatic rings. The fourth-order valence-electron chi connectivity index (χ4n) is 4.34. The van der Waals surface area contributed by atoms with Gasteiger partial charge in [0.2, 0.25) is 0 Å². The van der Waals surface area contributed by atoms with E-state index in [1.54, 1.807) is 11.3 Å². The van der Waals surface area contributed by atoms with E-state index in [0.717, 1.165) is 37.1 Å². The molecule has 3 aromatic rings.